The van der Waals surface area contributed by atoms with Crippen LogP contribution in [0.5, 0.6) is 0 Å². The Morgan fingerprint density at radius 3 is 2.59 bits per heavy atom. The highest BCUT2D eigenvalue weighted by Crippen LogP contribution is 2.25. The summed E-state index contributed by atoms with van der Waals surface area (Å²) in [6.07, 6.45) is 1.74. The van der Waals surface area contributed by atoms with E-state index in [0.29, 0.717) is 22.5 Å². The number of hydrogen-bond acceptors (Lipinski definition) is 5. The van der Waals surface area contributed by atoms with E-state index in [4.69, 9.17) is 11.6 Å². The van der Waals surface area contributed by atoms with Crippen LogP contribution in [0.25, 0.3) is 11.4 Å². The number of rotatable bonds is 9. The lowest BCUT2D eigenvalue weighted by molar-refractivity contribution is -0.125. The number of thioether (sulfide) groups is 1. The second kappa shape index (κ2) is 10.1. The smallest absolute Gasteiger partial charge is 0.239 e. The van der Waals surface area contributed by atoms with Gasteiger partial charge in [-0.15, -0.1) is 16.8 Å². The van der Waals surface area contributed by atoms with Gasteiger partial charge in [-0.2, -0.15) is 0 Å². The fraction of sp³-hybridized carbons (Fsp3) is 0.333. The van der Waals surface area contributed by atoms with Crippen LogP contribution in [0.3, 0.4) is 0 Å². The Kier molecular flexibility index (Phi) is 7.87. The molecule has 27 heavy (non-hydrogen) atoms. The fourth-order valence-corrected chi connectivity index (χ4v) is 3.14. The number of benzene rings is 1. The molecule has 0 atom stereocenters. The molecule has 0 saturated heterocycles. The number of allylic oxidation sites excluding steroid dienone is 1. The molecule has 0 aliphatic carbocycles. The second-order valence-electron chi connectivity index (χ2n) is 6.00. The van der Waals surface area contributed by atoms with Crippen LogP contribution in [-0.2, 0) is 16.1 Å². The van der Waals surface area contributed by atoms with Gasteiger partial charge in [0, 0.05) is 23.2 Å². The summed E-state index contributed by atoms with van der Waals surface area (Å²) in [5.41, 5.74) is 0.871. The number of carbonyl (C=O) groups is 2. The zero-order valence-corrected chi connectivity index (χ0v) is 16.8. The van der Waals surface area contributed by atoms with Crippen molar-refractivity contribution >= 4 is 35.2 Å². The van der Waals surface area contributed by atoms with Crippen molar-refractivity contribution in [1.82, 2.24) is 25.4 Å². The highest BCUT2D eigenvalue weighted by atomic mass is 35.5. The average molecular weight is 408 g/mol. The van der Waals surface area contributed by atoms with Crippen molar-refractivity contribution in [2.24, 2.45) is 0 Å². The van der Waals surface area contributed by atoms with E-state index in [9.17, 15) is 9.59 Å². The molecule has 2 aromatic rings. The van der Waals surface area contributed by atoms with Crippen LogP contribution in [0, 0.1) is 0 Å². The van der Waals surface area contributed by atoms with E-state index in [1.54, 1.807) is 18.2 Å². The summed E-state index contributed by atoms with van der Waals surface area (Å²) in [5.74, 6) is 0.333. The standard InChI is InChI=1S/C18H22ClN5O2S/c1-4-9-24-17(13-5-7-14(19)8-6-13)22-23-18(24)27-11-16(26)20-10-15(25)21-12(2)3/h4-8,12H,1,9-11H2,2-3H3,(H,20,26)(H,21,25). The Labute approximate surface area is 167 Å². The number of aromatic nitrogens is 3. The summed E-state index contributed by atoms with van der Waals surface area (Å²) in [6, 6.07) is 7.33. The molecule has 1 heterocycles. The van der Waals surface area contributed by atoms with Crippen molar-refractivity contribution < 1.29 is 9.59 Å². The van der Waals surface area contributed by atoms with Gasteiger partial charge >= 0.3 is 0 Å². The number of amides is 2. The van der Waals surface area contributed by atoms with Crippen molar-refractivity contribution in [1.29, 1.82) is 0 Å². The third-order valence-corrected chi connectivity index (χ3v) is 4.58. The molecule has 2 rings (SSSR count). The van der Waals surface area contributed by atoms with Crippen molar-refractivity contribution in [3.05, 3.63) is 41.9 Å². The van der Waals surface area contributed by atoms with Gasteiger partial charge in [-0.1, -0.05) is 29.4 Å². The van der Waals surface area contributed by atoms with Gasteiger partial charge in [0.15, 0.2) is 11.0 Å². The molecule has 0 spiro atoms. The molecule has 2 N–H and O–H groups in total. The van der Waals surface area contributed by atoms with E-state index in [1.807, 2.05) is 30.5 Å². The van der Waals surface area contributed by atoms with Crippen LogP contribution in [0.1, 0.15) is 13.8 Å². The highest BCUT2D eigenvalue weighted by Gasteiger charge is 2.15. The predicted octanol–water partition coefficient (Wildman–Crippen LogP) is 2.52. The quantitative estimate of drug-likeness (QED) is 0.492. The second-order valence-corrected chi connectivity index (χ2v) is 7.38. The number of nitrogens with zero attached hydrogens (tertiary/aromatic N) is 3. The molecule has 7 nitrogen and oxygen atoms in total. The first kappa shape index (κ1) is 21.0. The summed E-state index contributed by atoms with van der Waals surface area (Å²) in [4.78, 5) is 23.6. The lowest BCUT2D eigenvalue weighted by Crippen LogP contribution is -2.40. The van der Waals surface area contributed by atoms with Gasteiger partial charge in [0.05, 0.1) is 12.3 Å². The molecule has 0 unspecified atom stereocenters. The number of carbonyl (C=O) groups excluding carboxylic acids is 2. The molecule has 144 valence electrons. The average Bonchev–Trinajstić information content (AvgIpc) is 3.01. The minimum Gasteiger partial charge on any atom is -0.352 e. The van der Waals surface area contributed by atoms with Gasteiger partial charge < -0.3 is 10.6 Å². The summed E-state index contributed by atoms with van der Waals surface area (Å²) in [5, 5.41) is 14.9. The molecule has 2 amide bonds. The number of hydrogen-bond donors (Lipinski definition) is 2. The van der Waals surface area contributed by atoms with Crippen LogP contribution >= 0.6 is 23.4 Å². The summed E-state index contributed by atoms with van der Waals surface area (Å²) >= 11 is 7.18. The van der Waals surface area contributed by atoms with Gasteiger partial charge in [0.1, 0.15) is 0 Å². The first-order chi connectivity index (χ1) is 12.9. The molecule has 1 aromatic heterocycles. The van der Waals surface area contributed by atoms with E-state index in [0.717, 1.165) is 5.56 Å². The van der Waals surface area contributed by atoms with Gasteiger partial charge in [-0.05, 0) is 38.1 Å². The summed E-state index contributed by atoms with van der Waals surface area (Å²) in [7, 11) is 0. The Morgan fingerprint density at radius 1 is 1.26 bits per heavy atom. The maximum atomic E-state index is 12.0. The maximum absolute atomic E-state index is 12.0. The van der Waals surface area contributed by atoms with Crippen molar-refractivity contribution in [3.63, 3.8) is 0 Å². The lowest BCUT2D eigenvalue weighted by Gasteiger charge is -2.10. The van der Waals surface area contributed by atoms with E-state index >= 15 is 0 Å². The molecule has 0 bridgehead atoms. The highest BCUT2D eigenvalue weighted by molar-refractivity contribution is 7.99. The largest absolute Gasteiger partial charge is 0.352 e. The number of halogens is 1. The van der Waals surface area contributed by atoms with Crippen molar-refractivity contribution in [2.75, 3.05) is 12.3 Å². The Balaban J connectivity index is 2.00. The maximum Gasteiger partial charge on any atom is 0.239 e. The van der Waals surface area contributed by atoms with Gasteiger partial charge in [-0.25, -0.2) is 0 Å². The van der Waals surface area contributed by atoms with Crippen LogP contribution in [0.4, 0.5) is 0 Å². The first-order valence-electron chi connectivity index (χ1n) is 8.39. The summed E-state index contributed by atoms with van der Waals surface area (Å²) < 4.78 is 1.87. The molecule has 0 aliphatic heterocycles. The van der Waals surface area contributed by atoms with Crippen LogP contribution in [0.15, 0.2) is 42.1 Å². The minimum absolute atomic E-state index is 0.0347. The van der Waals surface area contributed by atoms with E-state index in [2.05, 4.69) is 27.4 Å². The normalized spacial score (nSPS) is 10.7. The van der Waals surface area contributed by atoms with E-state index in [-0.39, 0.29) is 30.2 Å². The zero-order valence-electron chi connectivity index (χ0n) is 15.2. The Bertz CT molecular complexity index is 805. The Hall–Kier alpha value is -2.32. The monoisotopic (exact) mass is 407 g/mol. The van der Waals surface area contributed by atoms with E-state index < -0.39 is 0 Å². The van der Waals surface area contributed by atoms with E-state index in [1.165, 1.54) is 11.8 Å². The van der Waals surface area contributed by atoms with Crippen LogP contribution in [-0.4, -0.2) is 44.9 Å². The predicted molar refractivity (Wildman–Crippen MR) is 108 cm³/mol. The molecule has 1 aromatic carbocycles. The minimum atomic E-state index is -0.250. The molecule has 0 saturated carbocycles. The molecular formula is C18H22ClN5O2S. The van der Waals surface area contributed by atoms with Crippen LogP contribution < -0.4 is 10.6 Å². The van der Waals surface area contributed by atoms with Gasteiger partial charge in [-0.3, -0.25) is 14.2 Å². The Morgan fingerprint density at radius 2 is 1.96 bits per heavy atom. The third kappa shape index (κ3) is 6.41. The van der Waals surface area contributed by atoms with Gasteiger partial charge in [0.2, 0.25) is 11.8 Å². The molecule has 9 heteroatoms. The fourth-order valence-electron chi connectivity index (χ4n) is 2.23. The first-order valence-corrected chi connectivity index (χ1v) is 9.76. The molecular weight excluding hydrogens is 386 g/mol. The third-order valence-electron chi connectivity index (χ3n) is 3.36. The molecule has 0 aliphatic rings. The topological polar surface area (TPSA) is 88.9 Å². The lowest BCUT2D eigenvalue weighted by atomic mass is 10.2. The van der Waals surface area contributed by atoms with Gasteiger partial charge in [0.25, 0.3) is 0 Å². The van der Waals surface area contributed by atoms with Crippen LogP contribution in [0.2, 0.25) is 5.02 Å². The SMILES string of the molecule is C=CCn1c(SCC(=O)NCC(=O)NC(C)C)nnc1-c1ccc(Cl)cc1. The molecule has 0 fully saturated rings. The van der Waals surface area contributed by atoms with Crippen molar-refractivity contribution in [3.8, 4) is 11.4 Å². The molecule has 0 radical (unpaired) electrons. The number of nitrogens with one attached hydrogen (secondary N) is 2. The zero-order chi connectivity index (χ0) is 19.8. The van der Waals surface area contributed by atoms with Crippen molar-refractivity contribution in [2.45, 2.75) is 31.6 Å². The summed E-state index contributed by atoms with van der Waals surface area (Å²) in [6.45, 7) is 7.94.